The van der Waals surface area contributed by atoms with Crippen molar-refractivity contribution in [1.29, 1.82) is 0 Å². The second-order valence-corrected chi connectivity index (χ2v) is 6.31. The molecule has 0 aromatic carbocycles. The highest BCUT2D eigenvalue weighted by molar-refractivity contribution is 9.10. The van der Waals surface area contributed by atoms with Gasteiger partial charge < -0.3 is 5.73 Å². The summed E-state index contributed by atoms with van der Waals surface area (Å²) in [6, 6.07) is 0.269. The summed E-state index contributed by atoms with van der Waals surface area (Å²) in [5.74, 6) is 0.859. The molecule has 1 aliphatic carbocycles. The van der Waals surface area contributed by atoms with Gasteiger partial charge in [-0.05, 0) is 42.1 Å². The van der Waals surface area contributed by atoms with Gasteiger partial charge in [-0.15, -0.1) is 0 Å². The SMILES string of the molecule is CCn1nc(C)c(Br)c1CC(N)CC1CCCC1. The lowest BCUT2D eigenvalue weighted by atomic mass is 9.96. The molecule has 0 spiro atoms. The maximum absolute atomic E-state index is 6.33. The van der Waals surface area contributed by atoms with Crippen molar-refractivity contribution < 1.29 is 0 Å². The Morgan fingerprint density at radius 3 is 2.72 bits per heavy atom. The molecule has 0 radical (unpaired) electrons. The molecule has 0 bridgehead atoms. The monoisotopic (exact) mass is 313 g/mol. The molecular weight excluding hydrogens is 290 g/mol. The van der Waals surface area contributed by atoms with Crippen molar-refractivity contribution in [2.45, 2.75) is 65.0 Å². The predicted octanol–water partition coefficient (Wildman–Crippen LogP) is 3.42. The highest BCUT2D eigenvalue weighted by Gasteiger charge is 2.20. The van der Waals surface area contributed by atoms with Crippen molar-refractivity contribution in [2.24, 2.45) is 11.7 Å². The molecular formula is C14H24BrN3. The van der Waals surface area contributed by atoms with Gasteiger partial charge in [-0.25, -0.2) is 0 Å². The normalized spacial score (nSPS) is 18.4. The minimum Gasteiger partial charge on any atom is -0.327 e. The van der Waals surface area contributed by atoms with E-state index in [4.69, 9.17) is 5.73 Å². The van der Waals surface area contributed by atoms with E-state index in [1.165, 1.54) is 37.8 Å². The van der Waals surface area contributed by atoms with Gasteiger partial charge in [0.25, 0.3) is 0 Å². The number of hydrogen-bond acceptors (Lipinski definition) is 2. The Morgan fingerprint density at radius 2 is 2.11 bits per heavy atom. The van der Waals surface area contributed by atoms with Crippen LogP contribution in [0.4, 0.5) is 0 Å². The van der Waals surface area contributed by atoms with Crippen LogP contribution in [-0.4, -0.2) is 15.8 Å². The van der Waals surface area contributed by atoms with Crippen molar-refractivity contribution in [2.75, 3.05) is 0 Å². The number of nitrogens with zero attached hydrogens (tertiary/aromatic N) is 2. The first-order valence-electron chi connectivity index (χ1n) is 7.09. The van der Waals surface area contributed by atoms with E-state index in [9.17, 15) is 0 Å². The Bertz CT molecular complexity index is 394. The number of hydrogen-bond donors (Lipinski definition) is 1. The first-order chi connectivity index (χ1) is 8.61. The maximum Gasteiger partial charge on any atom is 0.0738 e. The van der Waals surface area contributed by atoms with E-state index < -0.39 is 0 Å². The summed E-state index contributed by atoms with van der Waals surface area (Å²) in [5, 5.41) is 4.53. The summed E-state index contributed by atoms with van der Waals surface area (Å²) in [7, 11) is 0. The van der Waals surface area contributed by atoms with Gasteiger partial charge in [0, 0.05) is 19.0 Å². The van der Waals surface area contributed by atoms with Crippen LogP contribution in [0.15, 0.2) is 4.47 Å². The molecule has 3 nitrogen and oxygen atoms in total. The molecule has 1 aromatic rings. The fourth-order valence-corrected chi connectivity index (χ4v) is 3.52. The molecule has 0 saturated heterocycles. The van der Waals surface area contributed by atoms with Crippen molar-refractivity contribution in [3.05, 3.63) is 15.9 Å². The zero-order valence-electron chi connectivity index (χ0n) is 11.5. The topological polar surface area (TPSA) is 43.8 Å². The van der Waals surface area contributed by atoms with Gasteiger partial charge in [0.2, 0.25) is 0 Å². The molecule has 102 valence electrons. The molecule has 18 heavy (non-hydrogen) atoms. The van der Waals surface area contributed by atoms with E-state index in [0.717, 1.165) is 29.1 Å². The fraction of sp³-hybridized carbons (Fsp3) is 0.786. The second kappa shape index (κ2) is 6.20. The van der Waals surface area contributed by atoms with E-state index >= 15 is 0 Å². The lowest BCUT2D eigenvalue weighted by molar-refractivity contribution is 0.432. The molecule has 0 aliphatic heterocycles. The number of rotatable bonds is 5. The van der Waals surface area contributed by atoms with Gasteiger partial charge in [-0.1, -0.05) is 25.7 Å². The number of halogens is 1. The van der Waals surface area contributed by atoms with Gasteiger partial charge in [0.1, 0.15) is 0 Å². The number of aromatic nitrogens is 2. The van der Waals surface area contributed by atoms with Crippen molar-refractivity contribution in [3.63, 3.8) is 0 Å². The van der Waals surface area contributed by atoms with Crippen LogP contribution in [-0.2, 0) is 13.0 Å². The van der Waals surface area contributed by atoms with E-state index in [0.29, 0.717) is 0 Å². The smallest absolute Gasteiger partial charge is 0.0738 e. The quantitative estimate of drug-likeness (QED) is 0.905. The lowest BCUT2D eigenvalue weighted by Crippen LogP contribution is -2.27. The van der Waals surface area contributed by atoms with Crippen LogP contribution in [0.25, 0.3) is 0 Å². The zero-order valence-corrected chi connectivity index (χ0v) is 13.0. The zero-order chi connectivity index (χ0) is 13.1. The van der Waals surface area contributed by atoms with E-state index in [-0.39, 0.29) is 6.04 Å². The van der Waals surface area contributed by atoms with Crippen LogP contribution in [0.2, 0.25) is 0 Å². The molecule has 1 saturated carbocycles. The molecule has 0 amide bonds. The average Bonchev–Trinajstić information content (AvgIpc) is 2.92. The summed E-state index contributed by atoms with van der Waals surface area (Å²) in [6.45, 7) is 5.09. The van der Waals surface area contributed by atoms with Crippen LogP contribution < -0.4 is 5.73 Å². The van der Waals surface area contributed by atoms with E-state index in [2.05, 4.69) is 32.6 Å². The van der Waals surface area contributed by atoms with Crippen LogP contribution in [0, 0.1) is 12.8 Å². The third-order valence-electron chi connectivity index (χ3n) is 4.02. The maximum atomic E-state index is 6.33. The average molecular weight is 314 g/mol. The Labute approximate surface area is 118 Å². The Kier molecular flexibility index (Phi) is 4.84. The minimum atomic E-state index is 0.269. The fourth-order valence-electron chi connectivity index (χ4n) is 3.07. The van der Waals surface area contributed by atoms with E-state index in [1.807, 2.05) is 6.92 Å². The van der Waals surface area contributed by atoms with Crippen molar-refractivity contribution in [1.82, 2.24) is 9.78 Å². The highest BCUT2D eigenvalue weighted by atomic mass is 79.9. The third kappa shape index (κ3) is 3.15. The van der Waals surface area contributed by atoms with Crippen LogP contribution in [0.1, 0.15) is 50.4 Å². The minimum absolute atomic E-state index is 0.269. The summed E-state index contributed by atoms with van der Waals surface area (Å²) in [5.41, 5.74) is 8.66. The summed E-state index contributed by atoms with van der Waals surface area (Å²) < 4.78 is 3.22. The van der Waals surface area contributed by atoms with Crippen molar-refractivity contribution >= 4 is 15.9 Å². The Morgan fingerprint density at radius 1 is 1.44 bits per heavy atom. The molecule has 4 heteroatoms. The highest BCUT2D eigenvalue weighted by Crippen LogP contribution is 2.30. The predicted molar refractivity (Wildman–Crippen MR) is 78.6 cm³/mol. The molecule has 1 fully saturated rings. The third-order valence-corrected chi connectivity index (χ3v) is 5.05. The first kappa shape index (κ1) is 14.1. The van der Waals surface area contributed by atoms with Gasteiger partial charge in [0.05, 0.1) is 15.9 Å². The van der Waals surface area contributed by atoms with Crippen LogP contribution >= 0.6 is 15.9 Å². The molecule has 2 rings (SSSR count). The first-order valence-corrected chi connectivity index (χ1v) is 7.88. The molecule has 1 unspecified atom stereocenters. The van der Waals surface area contributed by atoms with Crippen LogP contribution in [0.3, 0.4) is 0 Å². The lowest BCUT2D eigenvalue weighted by Gasteiger charge is -2.17. The number of nitrogens with two attached hydrogens (primary N) is 1. The molecule has 1 aliphatic rings. The van der Waals surface area contributed by atoms with Gasteiger partial charge in [0.15, 0.2) is 0 Å². The Balaban J connectivity index is 1.99. The van der Waals surface area contributed by atoms with Crippen molar-refractivity contribution in [3.8, 4) is 0 Å². The summed E-state index contributed by atoms with van der Waals surface area (Å²) in [6.07, 6.45) is 7.65. The molecule has 1 atom stereocenters. The summed E-state index contributed by atoms with van der Waals surface area (Å²) >= 11 is 3.64. The largest absolute Gasteiger partial charge is 0.327 e. The van der Waals surface area contributed by atoms with Gasteiger partial charge >= 0.3 is 0 Å². The molecule has 1 aromatic heterocycles. The second-order valence-electron chi connectivity index (χ2n) is 5.51. The van der Waals surface area contributed by atoms with E-state index in [1.54, 1.807) is 0 Å². The van der Waals surface area contributed by atoms with Crippen LogP contribution in [0.5, 0.6) is 0 Å². The molecule has 1 heterocycles. The summed E-state index contributed by atoms with van der Waals surface area (Å²) in [4.78, 5) is 0. The number of aryl methyl sites for hydroxylation is 2. The standard InChI is InChI=1S/C14H24BrN3/c1-3-18-13(14(15)10(2)17-18)9-12(16)8-11-6-4-5-7-11/h11-12H,3-9,16H2,1-2H3. The Hall–Kier alpha value is -0.350. The van der Waals surface area contributed by atoms with Gasteiger partial charge in [-0.3, -0.25) is 4.68 Å². The molecule has 2 N–H and O–H groups in total. The van der Waals surface area contributed by atoms with Gasteiger partial charge in [-0.2, -0.15) is 5.10 Å².